The highest BCUT2D eigenvalue weighted by Gasteiger charge is 2.14. The third-order valence-corrected chi connectivity index (χ3v) is 4.14. The molecule has 1 heterocycles. The molecule has 6 nitrogen and oxygen atoms in total. The molecule has 0 unspecified atom stereocenters. The Morgan fingerprint density at radius 2 is 1.52 bits per heavy atom. The Labute approximate surface area is 138 Å². The Morgan fingerprint density at radius 3 is 2.04 bits per heavy atom. The van der Waals surface area contributed by atoms with Crippen molar-refractivity contribution in [2.45, 2.75) is 6.61 Å². The van der Waals surface area contributed by atoms with Gasteiger partial charge in [-0.15, -0.1) is 0 Å². The van der Waals surface area contributed by atoms with E-state index in [4.69, 9.17) is 18.9 Å². The molecule has 0 atom stereocenters. The van der Waals surface area contributed by atoms with E-state index in [1.807, 2.05) is 12.1 Å². The predicted octanol–water partition coefficient (Wildman–Crippen LogP) is 1.48. The van der Waals surface area contributed by atoms with Gasteiger partial charge in [0.25, 0.3) is 0 Å². The smallest absolute Gasteiger partial charge is 0.203 e. The molecule has 0 amide bonds. The summed E-state index contributed by atoms with van der Waals surface area (Å²) < 4.78 is 21.9. The van der Waals surface area contributed by atoms with E-state index in [-0.39, 0.29) is 0 Å². The predicted molar refractivity (Wildman–Crippen MR) is 89.7 cm³/mol. The molecule has 0 spiro atoms. The Kier molecular flexibility index (Phi) is 6.95. The van der Waals surface area contributed by atoms with E-state index in [2.05, 4.69) is 16.8 Å². The van der Waals surface area contributed by atoms with Crippen LogP contribution in [-0.4, -0.2) is 77.5 Å². The SMILES string of the molecule is COc1cc(COCCN2CCN(C)CC2)cc(OC)c1OC. The highest BCUT2D eigenvalue weighted by molar-refractivity contribution is 5.53. The van der Waals surface area contributed by atoms with Crippen molar-refractivity contribution in [1.82, 2.24) is 9.80 Å². The van der Waals surface area contributed by atoms with E-state index in [1.165, 1.54) is 0 Å². The number of benzene rings is 1. The second-order valence-electron chi connectivity index (χ2n) is 5.73. The van der Waals surface area contributed by atoms with E-state index >= 15 is 0 Å². The van der Waals surface area contributed by atoms with Crippen LogP contribution in [0.2, 0.25) is 0 Å². The highest BCUT2D eigenvalue weighted by atomic mass is 16.5. The van der Waals surface area contributed by atoms with Crippen molar-refractivity contribution in [1.29, 1.82) is 0 Å². The number of likely N-dealkylation sites (N-methyl/N-ethyl adjacent to an activating group) is 1. The van der Waals surface area contributed by atoms with Gasteiger partial charge in [0.15, 0.2) is 11.5 Å². The van der Waals surface area contributed by atoms with Gasteiger partial charge in [-0.25, -0.2) is 0 Å². The zero-order chi connectivity index (χ0) is 16.7. The number of nitrogens with zero attached hydrogens (tertiary/aromatic N) is 2. The number of rotatable bonds is 8. The molecular formula is C17H28N2O4. The van der Waals surface area contributed by atoms with E-state index in [9.17, 15) is 0 Å². The van der Waals surface area contributed by atoms with E-state index in [1.54, 1.807) is 21.3 Å². The number of ether oxygens (including phenoxy) is 4. The Morgan fingerprint density at radius 1 is 0.913 bits per heavy atom. The van der Waals surface area contributed by atoms with Crippen LogP contribution in [0.3, 0.4) is 0 Å². The van der Waals surface area contributed by atoms with Crippen LogP contribution in [0.15, 0.2) is 12.1 Å². The van der Waals surface area contributed by atoms with Gasteiger partial charge in [-0.2, -0.15) is 0 Å². The molecular weight excluding hydrogens is 296 g/mol. The second kappa shape index (κ2) is 8.96. The molecule has 130 valence electrons. The van der Waals surface area contributed by atoms with Crippen molar-refractivity contribution in [3.8, 4) is 17.2 Å². The third kappa shape index (κ3) is 4.99. The van der Waals surface area contributed by atoms with Gasteiger partial charge in [0.2, 0.25) is 5.75 Å². The maximum atomic E-state index is 5.81. The maximum absolute atomic E-state index is 5.81. The van der Waals surface area contributed by atoms with Crippen molar-refractivity contribution < 1.29 is 18.9 Å². The van der Waals surface area contributed by atoms with Crippen LogP contribution in [0.5, 0.6) is 17.2 Å². The van der Waals surface area contributed by atoms with Crippen LogP contribution >= 0.6 is 0 Å². The summed E-state index contributed by atoms with van der Waals surface area (Å²) in [6.07, 6.45) is 0. The van der Waals surface area contributed by atoms with Crippen LogP contribution in [0.25, 0.3) is 0 Å². The molecule has 0 aliphatic carbocycles. The van der Waals surface area contributed by atoms with Crippen LogP contribution in [0.1, 0.15) is 5.56 Å². The van der Waals surface area contributed by atoms with Crippen LogP contribution in [-0.2, 0) is 11.3 Å². The zero-order valence-corrected chi connectivity index (χ0v) is 14.6. The van der Waals surface area contributed by atoms with Gasteiger partial charge in [-0.3, -0.25) is 4.90 Å². The average Bonchev–Trinajstić information content (AvgIpc) is 2.59. The minimum atomic E-state index is 0.532. The minimum Gasteiger partial charge on any atom is -0.493 e. The van der Waals surface area contributed by atoms with Crippen molar-refractivity contribution in [3.05, 3.63) is 17.7 Å². The Balaban J connectivity index is 1.83. The normalized spacial score (nSPS) is 16.3. The van der Waals surface area contributed by atoms with Gasteiger partial charge in [0.1, 0.15) is 0 Å². The summed E-state index contributed by atoms with van der Waals surface area (Å²) in [5.41, 5.74) is 1.01. The van der Waals surface area contributed by atoms with Crippen LogP contribution < -0.4 is 14.2 Å². The molecule has 1 aromatic rings. The van der Waals surface area contributed by atoms with Crippen molar-refractivity contribution in [2.75, 3.05) is 67.7 Å². The lowest BCUT2D eigenvalue weighted by Gasteiger charge is -2.32. The average molecular weight is 324 g/mol. The molecule has 1 aliphatic heterocycles. The van der Waals surface area contributed by atoms with Crippen molar-refractivity contribution >= 4 is 0 Å². The molecule has 23 heavy (non-hydrogen) atoms. The summed E-state index contributed by atoms with van der Waals surface area (Å²) in [6.45, 7) is 6.72. The summed E-state index contributed by atoms with van der Waals surface area (Å²) in [6, 6.07) is 3.86. The number of hydrogen-bond donors (Lipinski definition) is 0. The summed E-state index contributed by atoms with van der Waals surface area (Å²) in [4.78, 5) is 4.79. The Bertz CT molecular complexity index is 462. The molecule has 1 saturated heterocycles. The zero-order valence-electron chi connectivity index (χ0n) is 14.6. The molecule has 0 N–H and O–H groups in total. The number of methoxy groups -OCH3 is 3. The van der Waals surface area contributed by atoms with E-state index in [0.717, 1.165) is 44.9 Å². The fourth-order valence-electron chi connectivity index (χ4n) is 2.67. The lowest BCUT2D eigenvalue weighted by atomic mass is 10.2. The standard InChI is InChI=1S/C17H28N2O4/c1-18-5-7-19(8-6-18)9-10-23-13-14-11-15(20-2)17(22-4)16(12-14)21-3/h11-12H,5-10,13H2,1-4H3. The lowest BCUT2D eigenvalue weighted by molar-refractivity contribution is 0.0737. The first kappa shape index (κ1) is 17.8. The van der Waals surface area contributed by atoms with Crippen molar-refractivity contribution in [2.24, 2.45) is 0 Å². The molecule has 1 aromatic carbocycles. The molecule has 1 fully saturated rings. The first-order valence-electron chi connectivity index (χ1n) is 7.95. The molecule has 1 aliphatic rings. The molecule has 6 heteroatoms. The van der Waals surface area contributed by atoms with Gasteiger partial charge in [0, 0.05) is 32.7 Å². The van der Waals surface area contributed by atoms with Gasteiger partial charge >= 0.3 is 0 Å². The van der Waals surface area contributed by atoms with Crippen molar-refractivity contribution in [3.63, 3.8) is 0 Å². The highest BCUT2D eigenvalue weighted by Crippen LogP contribution is 2.38. The monoisotopic (exact) mass is 324 g/mol. The fraction of sp³-hybridized carbons (Fsp3) is 0.647. The quantitative estimate of drug-likeness (QED) is 0.675. The minimum absolute atomic E-state index is 0.532. The Hall–Kier alpha value is -1.50. The summed E-state index contributed by atoms with van der Waals surface area (Å²) >= 11 is 0. The van der Waals surface area contributed by atoms with E-state index < -0.39 is 0 Å². The largest absolute Gasteiger partial charge is 0.493 e. The first-order valence-corrected chi connectivity index (χ1v) is 7.95. The first-order chi connectivity index (χ1) is 11.2. The summed E-state index contributed by atoms with van der Waals surface area (Å²) in [7, 11) is 7.01. The molecule has 0 bridgehead atoms. The topological polar surface area (TPSA) is 43.4 Å². The number of piperazine rings is 1. The van der Waals surface area contributed by atoms with Gasteiger partial charge in [-0.05, 0) is 24.7 Å². The molecule has 0 saturated carbocycles. The number of hydrogen-bond acceptors (Lipinski definition) is 6. The summed E-state index contributed by atoms with van der Waals surface area (Å²) in [5.74, 6) is 1.92. The molecule has 0 aromatic heterocycles. The van der Waals surface area contributed by atoms with Gasteiger partial charge in [0.05, 0.1) is 34.5 Å². The van der Waals surface area contributed by atoms with Gasteiger partial charge in [-0.1, -0.05) is 0 Å². The lowest BCUT2D eigenvalue weighted by Crippen LogP contribution is -2.45. The maximum Gasteiger partial charge on any atom is 0.203 e. The van der Waals surface area contributed by atoms with E-state index in [0.29, 0.717) is 23.9 Å². The summed E-state index contributed by atoms with van der Waals surface area (Å²) in [5, 5.41) is 0. The fourth-order valence-corrected chi connectivity index (χ4v) is 2.67. The van der Waals surface area contributed by atoms with Gasteiger partial charge < -0.3 is 23.8 Å². The molecule has 2 rings (SSSR count). The second-order valence-corrected chi connectivity index (χ2v) is 5.73. The third-order valence-electron chi connectivity index (χ3n) is 4.14. The molecule has 0 radical (unpaired) electrons. The van der Waals surface area contributed by atoms with Crippen LogP contribution in [0, 0.1) is 0 Å². The van der Waals surface area contributed by atoms with Crippen LogP contribution in [0.4, 0.5) is 0 Å².